The van der Waals surface area contributed by atoms with Crippen LogP contribution in [0.4, 0.5) is 5.95 Å². The number of para-hydroxylation sites is 1. The molecule has 1 unspecified atom stereocenters. The molecular weight excluding hydrogens is 523 g/mol. The maximum Gasteiger partial charge on any atom is 0.258 e. The van der Waals surface area contributed by atoms with E-state index in [2.05, 4.69) is 10.3 Å². The number of imidazole rings is 1. The van der Waals surface area contributed by atoms with Gasteiger partial charge in [0.2, 0.25) is 11.9 Å². The van der Waals surface area contributed by atoms with Gasteiger partial charge in [0.25, 0.3) is 5.91 Å². The Morgan fingerprint density at radius 1 is 1.24 bits per heavy atom. The predicted molar refractivity (Wildman–Crippen MR) is 153 cm³/mol. The first-order chi connectivity index (χ1) is 18.0. The summed E-state index contributed by atoms with van der Waals surface area (Å²) in [5.41, 5.74) is 2.10. The second-order valence-electron chi connectivity index (χ2n) is 10.2. The van der Waals surface area contributed by atoms with Gasteiger partial charge in [-0.25, -0.2) is 4.98 Å². The van der Waals surface area contributed by atoms with E-state index in [1.54, 1.807) is 37.6 Å². The number of likely N-dealkylation sites (tertiary alicyclic amines) is 1. The van der Waals surface area contributed by atoms with Crippen LogP contribution in [0.2, 0.25) is 5.02 Å². The molecule has 0 spiro atoms. The molecule has 3 aromatic rings. The number of aromatic nitrogens is 3. The molecule has 1 atom stereocenters. The molecule has 38 heavy (non-hydrogen) atoms. The minimum atomic E-state index is -2.64. The lowest BCUT2D eigenvalue weighted by Crippen LogP contribution is -2.34. The van der Waals surface area contributed by atoms with Crippen molar-refractivity contribution in [2.24, 2.45) is 0 Å². The van der Waals surface area contributed by atoms with Gasteiger partial charge >= 0.3 is 0 Å². The van der Waals surface area contributed by atoms with Gasteiger partial charge in [-0.1, -0.05) is 23.7 Å². The van der Waals surface area contributed by atoms with Gasteiger partial charge < -0.3 is 18.9 Å². The number of nitrogens with one attached hydrogen (secondary N) is 1. The summed E-state index contributed by atoms with van der Waals surface area (Å²) in [6.45, 7) is 5.06. The van der Waals surface area contributed by atoms with Gasteiger partial charge in [-0.2, -0.15) is 0 Å². The third kappa shape index (κ3) is 6.52. The third-order valence-corrected chi connectivity index (χ3v) is 8.15. The minimum absolute atomic E-state index is 0.0345. The van der Waals surface area contributed by atoms with Crippen molar-refractivity contribution in [3.8, 4) is 0 Å². The van der Waals surface area contributed by atoms with Crippen molar-refractivity contribution in [1.82, 2.24) is 24.3 Å². The Labute approximate surface area is 228 Å². The van der Waals surface area contributed by atoms with Gasteiger partial charge in [-0.3, -0.25) is 19.9 Å². The summed E-state index contributed by atoms with van der Waals surface area (Å²) in [5.74, 6) is -0.0641. The molecule has 1 saturated heterocycles. The van der Waals surface area contributed by atoms with E-state index < -0.39 is 7.14 Å². The Morgan fingerprint density at radius 3 is 2.76 bits per heavy atom. The molecule has 1 aliphatic rings. The Bertz CT molecular complexity index is 1410. The van der Waals surface area contributed by atoms with Crippen LogP contribution < -0.4 is 10.8 Å². The lowest BCUT2D eigenvalue weighted by Gasteiger charge is -2.26. The van der Waals surface area contributed by atoms with Crippen LogP contribution in [0.5, 0.6) is 0 Å². The quantitative estimate of drug-likeness (QED) is 0.345. The van der Waals surface area contributed by atoms with Gasteiger partial charge in [0.05, 0.1) is 22.1 Å². The molecule has 0 aliphatic carbocycles. The van der Waals surface area contributed by atoms with E-state index in [9.17, 15) is 14.2 Å². The highest BCUT2D eigenvalue weighted by atomic mass is 35.5. The molecule has 4 rings (SSSR count). The average molecular weight is 557 g/mol. The zero-order valence-electron chi connectivity index (χ0n) is 22.2. The molecule has 0 bridgehead atoms. The summed E-state index contributed by atoms with van der Waals surface area (Å²) in [6.07, 6.45) is 7.60. The average Bonchev–Trinajstić information content (AvgIpc) is 3.05. The zero-order valence-corrected chi connectivity index (χ0v) is 23.9. The van der Waals surface area contributed by atoms with E-state index in [0.29, 0.717) is 52.6 Å². The molecule has 0 saturated carbocycles. The number of amides is 2. The Morgan fingerprint density at radius 2 is 2.03 bits per heavy atom. The summed E-state index contributed by atoms with van der Waals surface area (Å²) in [4.78, 5) is 39.1. The van der Waals surface area contributed by atoms with Gasteiger partial charge in [-0.15, -0.1) is 0 Å². The van der Waals surface area contributed by atoms with Crippen LogP contribution in [-0.4, -0.2) is 83.2 Å². The number of rotatable bonds is 7. The number of anilines is 1. The van der Waals surface area contributed by atoms with E-state index in [-0.39, 0.29) is 17.9 Å². The summed E-state index contributed by atoms with van der Waals surface area (Å²) in [5, 5.41) is 3.47. The number of carbonyl (C=O) groups is 2. The fourth-order valence-corrected chi connectivity index (χ4v) is 5.63. The maximum absolute atomic E-state index is 13.3. The summed E-state index contributed by atoms with van der Waals surface area (Å²) < 4.78 is 14.5. The van der Waals surface area contributed by atoms with Crippen LogP contribution in [0.15, 0.2) is 48.7 Å². The molecule has 202 valence electrons. The third-order valence-electron chi connectivity index (χ3n) is 6.50. The second kappa shape index (κ2) is 11.8. The van der Waals surface area contributed by atoms with Crippen LogP contribution >= 0.6 is 18.7 Å². The first-order valence-electron chi connectivity index (χ1n) is 12.6. The normalized spacial score (nSPS) is 16.8. The lowest BCUT2D eigenvalue weighted by molar-refractivity contribution is -0.126. The number of pyridine rings is 1. The molecule has 9 nitrogen and oxygen atoms in total. The van der Waals surface area contributed by atoms with E-state index in [1.165, 1.54) is 6.20 Å². The predicted octanol–water partition coefficient (Wildman–Crippen LogP) is 4.26. The summed E-state index contributed by atoms with van der Waals surface area (Å²) in [7, 11) is 1.27. The molecule has 2 amide bonds. The summed E-state index contributed by atoms with van der Waals surface area (Å²) >= 11 is 6.65. The van der Waals surface area contributed by atoms with Crippen LogP contribution in [0.1, 0.15) is 35.7 Å². The van der Waals surface area contributed by atoms with Crippen molar-refractivity contribution in [2.75, 3.05) is 52.4 Å². The maximum atomic E-state index is 13.3. The molecule has 1 aromatic carbocycles. The van der Waals surface area contributed by atoms with Gasteiger partial charge in [0.1, 0.15) is 12.6 Å². The van der Waals surface area contributed by atoms with E-state index in [4.69, 9.17) is 16.6 Å². The first-order valence-corrected chi connectivity index (χ1v) is 15.6. The number of nitrogens with zero attached hydrogens (tertiary/aromatic N) is 5. The molecular formula is C27H34ClN6O3P. The number of hydrogen-bond donors (Lipinski definition) is 1. The molecule has 1 aliphatic heterocycles. The van der Waals surface area contributed by atoms with Crippen LogP contribution in [0.3, 0.4) is 0 Å². The molecule has 11 heteroatoms. The van der Waals surface area contributed by atoms with Crippen molar-refractivity contribution < 1.29 is 14.2 Å². The van der Waals surface area contributed by atoms with Gasteiger partial charge in [-0.05, 0) is 71.0 Å². The van der Waals surface area contributed by atoms with Crippen LogP contribution in [-0.2, 0) is 9.36 Å². The van der Waals surface area contributed by atoms with Gasteiger partial charge in [0, 0.05) is 37.5 Å². The van der Waals surface area contributed by atoms with Gasteiger partial charge in [0.15, 0.2) is 0 Å². The van der Waals surface area contributed by atoms with E-state index in [1.807, 2.05) is 46.7 Å². The molecule has 1 fully saturated rings. The van der Waals surface area contributed by atoms with Crippen molar-refractivity contribution in [3.63, 3.8) is 0 Å². The standard InChI is InChI=1S/C27H34ClN6O3P/c1-32(2)15-8-12-24(35)33-16-6-5-9-20(18-33)34-25-21(28)10-7-11-22(25)30-27(34)31-26(36)19-13-14-29-23(17-19)38(3,4)37/h7-8,10-14,17,20H,5-6,9,15-16,18H2,1-4H3,(H,30,31,36). The molecule has 0 radical (unpaired) electrons. The number of fused-ring (bicyclic) bond motifs is 1. The van der Waals surface area contributed by atoms with Crippen molar-refractivity contribution in [1.29, 1.82) is 0 Å². The fraction of sp³-hybridized carbons (Fsp3) is 0.407. The van der Waals surface area contributed by atoms with Crippen molar-refractivity contribution in [2.45, 2.75) is 25.3 Å². The highest BCUT2D eigenvalue weighted by molar-refractivity contribution is 7.69. The molecule has 2 aromatic heterocycles. The zero-order chi connectivity index (χ0) is 27.4. The van der Waals surface area contributed by atoms with Crippen LogP contribution in [0.25, 0.3) is 11.0 Å². The van der Waals surface area contributed by atoms with Crippen LogP contribution in [0, 0.1) is 0 Å². The topological polar surface area (TPSA) is 100 Å². The second-order valence-corrected chi connectivity index (χ2v) is 13.8. The monoisotopic (exact) mass is 556 g/mol. The Kier molecular flexibility index (Phi) is 8.71. The SMILES string of the molecule is CN(C)CC=CC(=O)N1CCCCC(n2c(NC(=O)c3ccnc(P(C)(C)=O)c3)nc3cccc(Cl)c32)C1. The highest BCUT2D eigenvalue weighted by Crippen LogP contribution is 2.35. The van der Waals surface area contributed by atoms with Crippen molar-refractivity contribution in [3.05, 3.63) is 59.3 Å². The largest absolute Gasteiger partial charge is 0.337 e. The number of likely N-dealkylation sites (N-methyl/N-ethyl adjacent to an activating group) is 1. The number of hydrogen-bond acceptors (Lipinski definition) is 6. The Hall–Kier alpha value is -3.00. The Balaban J connectivity index is 1.68. The first kappa shape index (κ1) is 28.0. The number of carbonyl (C=O) groups excluding carboxylic acids is 2. The van der Waals surface area contributed by atoms with E-state index in [0.717, 1.165) is 19.3 Å². The number of benzene rings is 1. The smallest absolute Gasteiger partial charge is 0.258 e. The summed E-state index contributed by atoms with van der Waals surface area (Å²) in [6, 6.07) is 8.48. The van der Waals surface area contributed by atoms with E-state index >= 15 is 0 Å². The van der Waals surface area contributed by atoms with Crippen molar-refractivity contribution >= 4 is 53.0 Å². The lowest BCUT2D eigenvalue weighted by atomic mass is 10.1. The molecule has 3 heterocycles. The molecule has 1 N–H and O–H groups in total. The fourth-order valence-electron chi connectivity index (χ4n) is 4.58. The number of halogens is 1. The highest BCUT2D eigenvalue weighted by Gasteiger charge is 2.27. The minimum Gasteiger partial charge on any atom is -0.337 e.